The Balaban J connectivity index is 1.99. The first-order valence-corrected chi connectivity index (χ1v) is 6.96. The van der Waals surface area contributed by atoms with Crippen molar-refractivity contribution < 1.29 is 24.0 Å². The van der Waals surface area contributed by atoms with Crippen molar-refractivity contribution >= 4 is 24.5 Å². The summed E-state index contributed by atoms with van der Waals surface area (Å²) >= 11 is 0. The zero-order valence-corrected chi connectivity index (χ0v) is 12.8. The van der Waals surface area contributed by atoms with Crippen molar-refractivity contribution in [3.8, 4) is 0 Å². The topological polar surface area (TPSA) is 84.9 Å². The third kappa shape index (κ3) is 3.55. The number of esters is 1. The number of ether oxygens (including phenoxy) is 1. The van der Waals surface area contributed by atoms with Gasteiger partial charge in [-0.15, -0.1) is 0 Å². The van der Waals surface area contributed by atoms with Crippen molar-refractivity contribution in [2.75, 3.05) is 6.54 Å². The van der Waals surface area contributed by atoms with Gasteiger partial charge in [0.1, 0.15) is 5.76 Å². The van der Waals surface area contributed by atoms with Gasteiger partial charge in [0.05, 0.1) is 11.7 Å². The van der Waals surface area contributed by atoms with Gasteiger partial charge in [-0.25, -0.2) is 0 Å². The summed E-state index contributed by atoms with van der Waals surface area (Å²) in [4.78, 5) is 22.9. The van der Waals surface area contributed by atoms with E-state index in [2.05, 4.69) is 5.32 Å². The monoisotopic (exact) mass is 303 g/mol. The fourth-order valence-electron chi connectivity index (χ4n) is 2.26. The van der Waals surface area contributed by atoms with Crippen molar-refractivity contribution in [1.82, 2.24) is 5.32 Å². The standard InChI is InChI=1S/C15H18BNO5/c1-9(10(2)21-11(3)18)15(19)17-8-14-12-6-4-5-7-13(12)16(20)22-14/h4-7,14,20H,8H2,1-3H3,(H,17,19)/b10-9-. The van der Waals surface area contributed by atoms with Gasteiger partial charge in [0, 0.05) is 13.5 Å². The Bertz CT molecular complexity index is 628. The largest absolute Gasteiger partial charge is 0.492 e. The lowest BCUT2D eigenvalue weighted by Crippen LogP contribution is -2.30. The average Bonchev–Trinajstić information content (AvgIpc) is 2.80. The van der Waals surface area contributed by atoms with Gasteiger partial charge < -0.3 is 19.7 Å². The van der Waals surface area contributed by atoms with Crippen molar-refractivity contribution in [1.29, 1.82) is 0 Å². The molecule has 0 fully saturated rings. The maximum absolute atomic E-state index is 12.0. The molecule has 1 atom stereocenters. The maximum Gasteiger partial charge on any atom is 0.492 e. The molecule has 0 spiro atoms. The van der Waals surface area contributed by atoms with Crippen molar-refractivity contribution in [2.45, 2.75) is 26.9 Å². The lowest BCUT2D eigenvalue weighted by molar-refractivity contribution is -0.136. The summed E-state index contributed by atoms with van der Waals surface area (Å²) in [6.45, 7) is 4.63. The lowest BCUT2D eigenvalue weighted by atomic mass is 9.79. The number of carbonyl (C=O) groups is 2. The van der Waals surface area contributed by atoms with Gasteiger partial charge in [0.2, 0.25) is 5.91 Å². The molecule has 0 bridgehead atoms. The molecule has 0 aliphatic carbocycles. The molecule has 0 radical (unpaired) electrons. The van der Waals surface area contributed by atoms with Crippen LogP contribution in [-0.4, -0.2) is 30.6 Å². The first-order chi connectivity index (χ1) is 10.4. The van der Waals surface area contributed by atoms with E-state index < -0.39 is 19.2 Å². The van der Waals surface area contributed by atoms with Crippen LogP contribution in [0.25, 0.3) is 0 Å². The highest BCUT2D eigenvalue weighted by Crippen LogP contribution is 2.22. The zero-order chi connectivity index (χ0) is 16.3. The molecule has 2 N–H and O–H groups in total. The van der Waals surface area contributed by atoms with E-state index in [1.165, 1.54) is 6.92 Å². The Kier molecular flexibility index (Phi) is 5.00. The van der Waals surface area contributed by atoms with E-state index in [0.717, 1.165) is 5.56 Å². The zero-order valence-electron chi connectivity index (χ0n) is 12.8. The molecule has 22 heavy (non-hydrogen) atoms. The van der Waals surface area contributed by atoms with E-state index in [0.29, 0.717) is 11.0 Å². The summed E-state index contributed by atoms with van der Waals surface area (Å²) in [6.07, 6.45) is -0.406. The number of nitrogens with one attached hydrogen (secondary N) is 1. The molecule has 1 aromatic rings. The van der Waals surface area contributed by atoms with Crippen molar-refractivity contribution in [2.24, 2.45) is 0 Å². The molecular weight excluding hydrogens is 285 g/mol. The summed E-state index contributed by atoms with van der Waals surface area (Å²) in [6, 6.07) is 7.32. The molecule has 6 nitrogen and oxygen atoms in total. The SMILES string of the molecule is CC(=O)O/C(C)=C(/C)C(=O)NCC1OB(O)c2ccccc21. The summed E-state index contributed by atoms with van der Waals surface area (Å²) in [5.41, 5.74) is 1.89. The molecule has 1 aliphatic heterocycles. The van der Waals surface area contributed by atoms with Crippen LogP contribution in [0.5, 0.6) is 0 Å². The number of rotatable bonds is 4. The van der Waals surface area contributed by atoms with E-state index in [1.807, 2.05) is 18.2 Å². The van der Waals surface area contributed by atoms with Crippen LogP contribution in [0.1, 0.15) is 32.4 Å². The van der Waals surface area contributed by atoms with Gasteiger partial charge in [-0.2, -0.15) is 0 Å². The highest BCUT2D eigenvalue weighted by Gasteiger charge is 2.34. The van der Waals surface area contributed by atoms with Gasteiger partial charge in [-0.1, -0.05) is 24.3 Å². The quantitative estimate of drug-likeness (QED) is 0.364. The number of carbonyl (C=O) groups excluding carboxylic acids is 2. The third-order valence-corrected chi connectivity index (χ3v) is 3.52. The molecule has 1 heterocycles. The fraction of sp³-hybridized carbons (Fsp3) is 0.333. The van der Waals surface area contributed by atoms with Crippen molar-refractivity contribution in [3.05, 3.63) is 41.2 Å². The predicted molar refractivity (Wildman–Crippen MR) is 81.0 cm³/mol. The van der Waals surface area contributed by atoms with Crippen LogP contribution in [0, 0.1) is 0 Å². The minimum Gasteiger partial charge on any atom is -0.431 e. The fourth-order valence-corrected chi connectivity index (χ4v) is 2.26. The van der Waals surface area contributed by atoms with E-state index in [1.54, 1.807) is 19.9 Å². The molecule has 1 aromatic carbocycles. The van der Waals surface area contributed by atoms with E-state index in [4.69, 9.17) is 9.39 Å². The number of benzene rings is 1. The van der Waals surface area contributed by atoms with Gasteiger partial charge in [-0.05, 0) is 24.9 Å². The van der Waals surface area contributed by atoms with Crippen molar-refractivity contribution in [3.63, 3.8) is 0 Å². The molecule has 0 saturated heterocycles. The van der Waals surface area contributed by atoms with Crippen LogP contribution in [0.4, 0.5) is 0 Å². The van der Waals surface area contributed by atoms with Crippen LogP contribution >= 0.6 is 0 Å². The summed E-state index contributed by atoms with van der Waals surface area (Å²) in [7, 11) is -0.975. The third-order valence-electron chi connectivity index (χ3n) is 3.52. The first kappa shape index (κ1) is 16.3. The molecule has 0 saturated carbocycles. The Labute approximate surface area is 129 Å². The summed E-state index contributed by atoms with van der Waals surface area (Å²) in [5.74, 6) is -0.556. The molecule has 116 valence electrons. The minimum absolute atomic E-state index is 0.220. The second kappa shape index (κ2) is 6.76. The van der Waals surface area contributed by atoms with Gasteiger partial charge in [0.15, 0.2) is 0 Å². The Morgan fingerprint density at radius 2 is 2.00 bits per heavy atom. The minimum atomic E-state index is -0.975. The average molecular weight is 303 g/mol. The molecule has 1 amide bonds. The summed E-state index contributed by atoms with van der Waals surface area (Å²) < 4.78 is 10.3. The molecular formula is C15H18BNO5. The van der Waals surface area contributed by atoms with Crippen LogP contribution < -0.4 is 10.8 Å². The Hall–Kier alpha value is -2.12. The van der Waals surface area contributed by atoms with E-state index >= 15 is 0 Å². The lowest BCUT2D eigenvalue weighted by Gasteiger charge is -2.14. The number of hydrogen-bond acceptors (Lipinski definition) is 5. The Morgan fingerprint density at radius 1 is 1.32 bits per heavy atom. The predicted octanol–water partition coefficient (Wildman–Crippen LogP) is 0.419. The number of allylic oxidation sites excluding steroid dienone is 1. The molecule has 0 aromatic heterocycles. The normalized spacial score (nSPS) is 17.6. The Morgan fingerprint density at radius 3 is 2.68 bits per heavy atom. The maximum atomic E-state index is 12.0. The number of hydrogen-bond donors (Lipinski definition) is 2. The van der Waals surface area contributed by atoms with Gasteiger partial charge >= 0.3 is 13.1 Å². The number of amides is 1. The summed E-state index contributed by atoms with van der Waals surface area (Å²) in [5, 5.41) is 12.5. The molecule has 1 unspecified atom stereocenters. The molecule has 7 heteroatoms. The van der Waals surface area contributed by atoms with Crippen LogP contribution in [0.15, 0.2) is 35.6 Å². The molecule has 1 aliphatic rings. The second-order valence-electron chi connectivity index (χ2n) is 5.09. The molecule has 2 rings (SSSR count). The van der Waals surface area contributed by atoms with Crippen LogP contribution in [-0.2, 0) is 19.0 Å². The smallest absolute Gasteiger partial charge is 0.431 e. The van der Waals surface area contributed by atoms with Gasteiger partial charge in [-0.3, -0.25) is 9.59 Å². The highest BCUT2D eigenvalue weighted by molar-refractivity contribution is 6.61. The van der Waals surface area contributed by atoms with Gasteiger partial charge in [0.25, 0.3) is 0 Å². The van der Waals surface area contributed by atoms with Crippen LogP contribution in [0.2, 0.25) is 0 Å². The van der Waals surface area contributed by atoms with E-state index in [-0.39, 0.29) is 18.2 Å². The second-order valence-corrected chi connectivity index (χ2v) is 5.09. The van der Waals surface area contributed by atoms with E-state index in [9.17, 15) is 14.6 Å². The van der Waals surface area contributed by atoms with Crippen LogP contribution in [0.3, 0.4) is 0 Å². The highest BCUT2D eigenvalue weighted by atomic mass is 16.5. The first-order valence-electron chi connectivity index (χ1n) is 6.96. The number of fused-ring (bicyclic) bond motifs is 1.